The summed E-state index contributed by atoms with van der Waals surface area (Å²) >= 11 is 1.36. The van der Waals surface area contributed by atoms with Gasteiger partial charge in [-0.25, -0.2) is 0 Å². The van der Waals surface area contributed by atoms with Crippen LogP contribution in [0.5, 0.6) is 0 Å². The number of thiophene rings is 1. The average Bonchev–Trinajstić information content (AvgIpc) is 2.98. The van der Waals surface area contributed by atoms with Gasteiger partial charge in [-0.2, -0.15) is 0 Å². The highest BCUT2D eigenvalue weighted by molar-refractivity contribution is 7.12. The second-order valence-corrected chi connectivity index (χ2v) is 5.96. The lowest BCUT2D eigenvalue weighted by atomic mass is 10.0. The highest BCUT2D eigenvalue weighted by atomic mass is 32.1. The van der Waals surface area contributed by atoms with Crippen LogP contribution in [0.4, 0.5) is 0 Å². The van der Waals surface area contributed by atoms with Crippen LogP contribution < -0.4 is 10.6 Å². The smallest absolute Gasteiger partial charge is 0.262 e. The molecule has 118 valence electrons. The molecule has 0 bridgehead atoms. The van der Waals surface area contributed by atoms with Gasteiger partial charge in [-0.15, -0.1) is 11.3 Å². The van der Waals surface area contributed by atoms with Crippen molar-refractivity contribution in [2.24, 2.45) is 5.92 Å². The van der Waals surface area contributed by atoms with Gasteiger partial charge >= 0.3 is 0 Å². The second kappa shape index (κ2) is 9.52. The predicted molar refractivity (Wildman–Crippen MR) is 84.5 cm³/mol. The molecule has 0 aromatic carbocycles. The van der Waals surface area contributed by atoms with E-state index in [2.05, 4.69) is 10.6 Å². The molecule has 5 nitrogen and oxygen atoms in total. The number of ether oxygens (including phenoxy) is 1. The average molecular weight is 312 g/mol. The van der Waals surface area contributed by atoms with Crippen LogP contribution >= 0.6 is 11.3 Å². The zero-order valence-corrected chi connectivity index (χ0v) is 13.7. The van der Waals surface area contributed by atoms with Gasteiger partial charge in [-0.3, -0.25) is 9.59 Å². The molecule has 1 atom stereocenters. The van der Waals surface area contributed by atoms with Crippen LogP contribution in [0.1, 0.15) is 36.9 Å². The van der Waals surface area contributed by atoms with E-state index in [1.54, 1.807) is 6.07 Å². The number of carbonyl (C=O) groups is 2. The summed E-state index contributed by atoms with van der Waals surface area (Å²) in [7, 11) is 0. The highest BCUT2D eigenvalue weighted by Crippen LogP contribution is 2.10. The van der Waals surface area contributed by atoms with Crippen LogP contribution in [0, 0.1) is 5.92 Å². The van der Waals surface area contributed by atoms with Crippen molar-refractivity contribution in [3.8, 4) is 0 Å². The molecule has 1 rings (SSSR count). The normalized spacial score (nSPS) is 12.2. The molecular weight excluding hydrogens is 288 g/mol. The molecule has 2 amide bonds. The van der Waals surface area contributed by atoms with Crippen molar-refractivity contribution in [2.45, 2.75) is 33.2 Å². The van der Waals surface area contributed by atoms with E-state index in [-0.39, 0.29) is 17.7 Å². The van der Waals surface area contributed by atoms with E-state index >= 15 is 0 Å². The Morgan fingerprint density at radius 1 is 1.38 bits per heavy atom. The molecule has 0 saturated heterocycles. The van der Waals surface area contributed by atoms with Crippen molar-refractivity contribution in [1.29, 1.82) is 0 Å². The summed E-state index contributed by atoms with van der Waals surface area (Å²) in [6.45, 7) is 7.63. The zero-order valence-electron chi connectivity index (χ0n) is 12.8. The maximum Gasteiger partial charge on any atom is 0.262 e. The van der Waals surface area contributed by atoms with E-state index in [1.165, 1.54) is 11.3 Å². The van der Waals surface area contributed by atoms with Gasteiger partial charge in [0, 0.05) is 19.8 Å². The summed E-state index contributed by atoms with van der Waals surface area (Å²) in [5.41, 5.74) is 0. The fourth-order valence-corrected chi connectivity index (χ4v) is 2.42. The Hall–Kier alpha value is -1.40. The van der Waals surface area contributed by atoms with Crippen molar-refractivity contribution in [2.75, 3.05) is 19.8 Å². The minimum absolute atomic E-state index is 0.0285. The van der Waals surface area contributed by atoms with Gasteiger partial charge < -0.3 is 15.4 Å². The van der Waals surface area contributed by atoms with Crippen molar-refractivity contribution in [3.63, 3.8) is 0 Å². The Kier molecular flexibility index (Phi) is 8.00. The molecular formula is C15H24N2O3S. The molecule has 1 unspecified atom stereocenters. The van der Waals surface area contributed by atoms with Crippen molar-refractivity contribution >= 4 is 23.2 Å². The number of hydrogen-bond acceptors (Lipinski definition) is 4. The third-order valence-electron chi connectivity index (χ3n) is 2.95. The first-order valence-electron chi connectivity index (χ1n) is 7.26. The minimum Gasteiger partial charge on any atom is -0.382 e. The maximum atomic E-state index is 12.2. The Morgan fingerprint density at radius 3 is 2.71 bits per heavy atom. The fourth-order valence-electron chi connectivity index (χ4n) is 1.80. The molecule has 2 N–H and O–H groups in total. The van der Waals surface area contributed by atoms with Crippen LogP contribution in [0.3, 0.4) is 0 Å². The standard InChI is InChI=1S/C15H24N2O3S/c1-4-20-9-6-8-16-15(19)13(11(2)3)17-14(18)12-7-5-10-21-12/h5,7,10-11,13H,4,6,8-9H2,1-3H3,(H,16,19)(H,17,18). The topological polar surface area (TPSA) is 67.4 Å². The second-order valence-electron chi connectivity index (χ2n) is 5.01. The molecule has 0 aliphatic rings. The van der Waals surface area contributed by atoms with E-state index in [0.717, 1.165) is 6.42 Å². The van der Waals surface area contributed by atoms with Gasteiger partial charge in [0.25, 0.3) is 5.91 Å². The molecule has 0 saturated carbocycles. The molecule has 0 aliphatic carbocycles. The summed E-state index contributed by atoms with van der Waals surface area (Å²) < 4.78 is 5.22. The third-order valence-corrected chi connectivity index (χ3v) is 3.82. The molecule has 0 radical (unpaired) electrons. The predicted octanol–water partition coefficient (Wildman–Crippen LogP) is 2.05. The summed E-state index contributed by atoms with van der Waals surface area (Å²) in [6.07, 6.45) is 0.767. The lowest BCUT2D eigenvalue weighted by Crippen LogP contribution is -2.49. The first-order chi connectivity index (χ1) is 10.1. The summed E-state index contributed by atoms with van der Waals surface area (Å²) in [6, 6.07) is 3.04. The van der Waals surface area contributed by atoms with Crippen LogP contribution in [0.25, 0.3) is 0 Å². The maximum absolute atomic E-state index is 12.2. The highest BCUT2D eigenvalue weighted by Gasteiger charge is 2.24. The largest absolute Gasteiger partial charge is 0.382 e. The third kappa shape index (κ3) is 6.27. The molecule has 0 aliphatic heterocycles. The molecule has 1 aromatic rings. The Bertz CT molecular complexity index is 432. The van der Waals surface area contributed by atoms with Crippen molar-refractivity contribution < 1.29 is 14.3 Å². The summed E-state index contributed by atoms with van der Waals surface area (Å²) in [4.78, 5) is 24.8. The molecule has 21 heavy (non-hydrogen) atoms. The van der Waals surface area contributed by atoms with E-state index in [9.17, 15) is 9.59 Å². The van der Waals surface area contributed by atoms with Gasteiger partial charge in [-0.05, 0) is 30.7 Å². The zero-order chi connectivity index (χ0) is 15.7. The van der Waals surface area contributed by atoms with E-state index in [4.69, 9.17) is 4.74 Å². The van der Waals surface area contributed by atoms with Crippen LogP contribution in [-0.4, -0.2) is 37.6 Å². The van der Waals surface area contributed by atoms with Gasteiger partial charge in [0.05, 0.1) is 4.88 Å². The molecule has 0 fully saturated rings. The number of hydrogen-bond donors (Lipinski definition) is 2. The molecule has 1 aromatic heterocycles. The van der Waals surface area contributed by atoms with Gasteiger partial charge in [0.15, 0.2) is 0 Å². The molecule has 0 spiro atoms. The van der Waals surface area contributed by atoms with Crippen molar-refractivity contribution in [1.82, 2.24) is 10.6 Å². The Balaban J connectivity index is 2.45. The van der Waals surface area contributed by atoms with Crippen LogP contribution in [0.2, 0.25) is 0 Å². The lowest BCUT2D eigenvalue weighted by molar-refractivity contribution is -0.123. The van der Waals surface area contributed by atoms with Crippen LogP contribution in [-0.2, 0) is 9.53 Å². The summed E-state index contributed by atoms with van der Waals surface area (Å²) in [5, 5.41) is 7.48. The fraction of sp³-hybridized carbons (Fsp3) is 0.600. The SMILES string of the molecule is CCOCCCNC(=O)C(NC(=O)c1cccs1)C(C)C. The van der Waals surface area contributed by atoms with Crippen LogP contribution in [0.15, 0.2) is 17.5 Å². The first kappa shape index (κ1) is 17.7. The number of amides is 2. The Morgan fingerprint density at radius 2 is 2.14 bits per heavy atom. The van der Waals surface area contributed by atoms with E-state index < -0.39 is 6.04 Å². The van der Waals surface area contributed by atoms with Gasteiger partial charge in [0.2, 0.25) is 5.91 Å². The Labute approximate surface area is 130 Å². The van der Waals surface area contributed by atoms with E-state index in [0.29, 0.717) is 24.6 Å². The minimum atomic E-state index is -0.522. The quantitative estimate of drug-likeness (QED) is 0.686. The number of nitrogens with one attached hydrogen (secondary N) is 2. The van der Waals surface area contributed by atoms with Crippen molar-refractivity contribution in [3.05, 3.63) is 22.4 Å². The summed E-state index contributed by atoms with van der Waals surface area (Å²) in [5.74, 6) is -0.319. The molecule has 1 heterocycles. The van der Waals surface area contributed by atoms with Gasteiger partial charge in [0.1, 0.15) is 6.04 Å². The first-order valence-corrected chi connectivity index (χ1v) is 8.14. The monoisotopic (exact) mass is 312 g/mol. The van der Waals surface area contributed by atoms with Gasteiger partial charge in [-0.1, -0.05) is 19.9 Å². The lowest BCUT2D eigenvalue weighted by Gasteiger charge is -2.21. The number of carbonyl (C=O) groups excluding carboxylic acids is 2. The molecule has 6 heteroatoms. The van der Waals surface area contributed by atoms with E-state index in [1.807, 2.05) is 32.2 Å². The number of rotatable bonds is 9.